The molecule has 0 aliphatic heterocycles. The lowest BCUT2D eigenvalue weighted by Gasteiger charge is -2.15. The highest BCUT2D eigenvalue weighted by atomic mass is 16.3. The number of rotatable bonds is 4. The van der Waals surface area contributed by atoms with E-state index in [1.165, 1.54) is 13.1 Å². The summed E-state index contributed by atoms with van der Waals surface area (Å²) in [5.74, 6) is -0.137. The lowest BCUT2D eigenvalue weighted by molar-refractivity contribution is 0.152. The molecule has 0 aliphatic carbocycles. The molecular weight excluding hydrogens is 158 g/mol. The lowest BCUT2D eigenvalue weighted by Crippen LogP contribution is -2.32. The second kappa shape index (κ2) is 5.00. The average Bonchev–Trinajstić information content (AvgIpc) is 1.98. The molecule has 0 radical (unpaired) electrons. The molecule has 0 saturated carbocycles. The summed E-state index contributed by atoms with van der Waals surface area (Å²) in [4.78, 5) is 0. The SMILES string of the molecule is CC(O)/C(O)=C\NC(C)C(C)O. The van der Waals surface area contributed by atoms with Gasteiger partial charge in [0.15, 0.2) is 0 Å². The van der Waals surface area contributed by atoms with Crippen molar-refractivity contribution in [1.29, 1.82) is 0 Å². The summed E-state index contributed by atoms with van der Waals surface area (Å²) in [5.41, 5.74) is 0. The summed E-state index contributed by atoms with van der Waals surface area (Å²) >= 11 is 0. The monoisotopic (exact) mass is 175 g/mol. The molecule has 0 heterocycles. The van der Waals surface area contributed by atoms with E-state index in [4.69, 9.17) is 15.3 Å². The summed E-state index contributed by atoms with van der Waals surface area (Å²) < 4.78 is 0. The fraction of sp³-hybridized carbons (Fsp3) is 0.750. The molecule has 0 aliphatic rings. The molecule has 72 valence electrons. The smallest absolute Gasteiger partial charge is 0.136 e. The van der Waals surface area contributed by atoms with Crippen molar-refractivity contribution < 1.29 is 15.3 Å². The van der Waals surface area contributed by atoms with Gasteiger partial charge in [0.25, 0.3) is 0 Å². The van der Waals surface area contributed by atoms with Gasteiger partial charge in [0.1, 0.15) is 11.9 Å². The quantitative estimate of drug-likeness (QED) is 0.458. The van der Waals surface area contributed by atoms with Gasteiger partial charge in [-0.3, -0.25) is 0 Å². The Bertz CT molecular complexity index is 154. The Morgan fingerprint density at radius 2 is 1.75 bits per heavy atom. The minimum Gasteiger partial charge on any atom is -0.508 e. The summed E-state index contributed by atoms with van der Waals surface area (Å²) in [6.07, 6.45) is -0.0797. The van der Waals surface area contributed by atoms with Crippen LogP contribution < -0.4 is 5.32 Å². The number of aliphatic hydroxyl groups is 3. The third-order valence-electron chi connectivity index (χ3n) is 1.65. The summed E-state index contributed by atoms with van der Waals surface area (Å²) in [6, 6.07) is -0.147. The summed E-state index contributed by atoms with van der Waals surface area (Å²) in [6.45, 7) is 4.88. The van der Waals surface area contributed by atoms with Crippen LogP contribution in [0.5, 0.6) is 0 Å². The minimum atomic E-state index is -0.876. The van der Waals surface area contributed by atoms with Gasteiger partial charge < -0.3 is 20.6 Å². The highest BCUT2D eigenvalue weighted by Crippen LogP contribution is 1.96. The van der Waals surface area contributed by atoms with Gasteiger partial charge in [-0.15, -0.1) is 0 Å². The third-order valence-corrected chi connectivity index (χ3v) is 1.65. The van der Waals surface area contributed by atoms with E-state index < -0.39 is 12.2 Å². The van der Waals surface area contributed by atoms with Crippen molar-refractivity contribution in [3.05, 3.63) is 12.0 Å². The zero-order valence-corrected chi connectivity index (χ0v) is 7.65. The largest absolute Gasteiger partial charge is 0.508 e. The molecule has 4 N–H and O–H groups in total. The van der Waals surface area contributed by atoms with Crippen LogP contribution >= 0.6 is 0 Å². The predicted octanol–water partition coefficient (Wildman–Crippen LogP) is 0.126. The first-order valence-electron chi connectivity index (χ1n) is 3.96. The maximum absolute atomic E-state index is 9.04. The van der Waals surface area contributed by atoms with E-state index >= 15 is 0 Å². The van der Waals surface area contributed by atoms with Gasteiger partial charge in [0.2, 0.25) is 0 Å². The molecule has 0 amide bonds. The number of aliphatic hydroxyl groups excluding tert-OH is 3. The molecule has 0 saturated heterocycles. The van der Waals surface area contributed by atoms with E-state index in [9.17, 15) is 0 Å². The Morgan fingerprint density at radius 1 is 1.25 bits per heavy atom. The Kier molecular flexibility index (Phi) is 4.70. The first kappa shape index (κ1) is 11.3. The highest BCUT2D eigenvalue weighted by molar-refractivity contribution is 4.95. The van der Waals surface area contributed by atoms with E-state index in [0.29, 0.717) is 0 Å². The Balaban J connectivity index is 3.87. The fourth-order valence-electron chi connectivity index (χ4n) is 0.477. The summed E-state index contributed by atoms with van der Waals surface area (Å²) in [5, 5.41) is 29.7. The summed E-state index contributed by atoms with van der Waals surface area (Å²) in [7, 11) is 0. The fourth-order valence-corrected chi connectivity index (χ4v) is 0.477. The van der Waals surface area contributed by atoms with E-state index in [1.807, 2.05) is 0 Å². The number of hydrogen-bond donors (Lipinski definition) is 4. The van der Waals surface area contributed by atoms with Crippen molar-refractivity contribution in [2.24, 2.45) is 0 Å². The maximum atomic E-state index is 9.04. The Labute approximate surface area is 72.5 Å². The van der Waals surface area contributed by atoms with Gasteiger partial charge in [0, 0.05) is 12.2 Å². The molecule has 4 heteroatoms. The second-order valence-electron chi connectivity index (χ2n) is 2.94. The van der Waals surface area contributed by atoms with Crippen LogP contribution in [0.1, 0.15) is 20.8 Å². The van der Waals surface area contributed by atoms with Gasteiger partial charge in [-0.1, -0.05) is 0 Å². The predicted molar refractivity (Wildman–Crippen MR) is 46.7 cm³/mol. The average molecular weight is 175 g/mol. The molecule has 0 aromatic carbocycles. The highest BCUT2D eigenvalue weighted by Gasteiger charge is 2.07. The van der Waals surface area contributed by atoms with Crippen molar-refractivity contribution in [1.82, 2.24) is 5.32 Å². The Morgan fingerprint density at radius 3 is 2.08 bits per heavy atom. The van der Waals surface area contributed by atoms with Gasteiger partial charge in [-0.25, -0.2) is 0 Å². The molecule has 0 rings (SSSR count). The Hall–Kier alpha value is -0.740. The first-order valence-corrected chi connectivity index (χ1v) is 3.96. The van der Waals surface area contributed by atoms with Crippen LogP contribution in [0, 0.1) is 0 Å². The lowest BCUT2D eigenvalue weighted by atomic mass is 10.2. The van der Waals surface area contributed by atoms with Gasteiger partial charge >= 0.3 is 0 Å². The first-order chi connectivity index (χ1) is 5.45. The van der Waals surface area contributed by atoms with Crippen LogP contribution in [-0.4, -0.2) is 33.6 Å². The minimum absolute atomic E-state index is 0.137. The molecule has 0 spiro atoms. The van der Waals surface area contributed by atoms with Gasteiger partial charge in [-0.05, 0) is 20.8 Å². The second-order valence-corrected chi connectivity index (χ2v) is 2.94. The van der Waals surface area contributed by atoms with Crippen molar-refractivity contribution in [3.8, 4) is 0 Å². The van der Waals surface area contributed by atoms with E-state index in [-0.39, 0.29) is 11.8 Å². The van der Waals surface area contributed by atoms with Crippen molar-refractivity contribution in [3.63, 3.8) is 0 Å². The zero-order chi connectivity index (χ0) is 9.72. The molecular formula is C8H17NO3. The zero-order valence-electron chi connectivity index (χ0n) is 7.65. The van der Waals surface area contributed by atoms with Crippen LogP contribution in [0.15, 0.2) is 12.0 Å². The topological polar surface area (TPSA) is 72.7 Å². The van der Waals surface area contributed by atoms with Crippen LogP contribution in [0.4, 0.5) is 0 Å². The van der Waals surface area contributed by atoms with Crippen LogP contribution in [-0.2, 0) is 0 Å². The van der Waals surface area contributed by atoms with Crippen LogP contribution in [0.2, 0.25) is 0 Å². The third kappa shape index (κ3) is 4.20. The molecule has 0 aromatic heterocycles. The normalized spacial score (nSPS) is 19.9. The van der Waals surface area contributed by atoms with Gasteiger partial charge in [0.05, 0.1) is 6.10 Å². The number of hydrogen-bond acceptors (Lipinski definition) is 4. The maximum Gasteiger partial charge on any atom is 0.136 e. The molecule has 4 nitrogen and oxygen atoms in total. The molecule has 12 heavy (non-hydrogen) atoms. The van der Waals surface area contributed by atoms with Crippen molar-refractivity contribution in [2.45, 2.75) is 39.0 Å². The molecule has 3 unspecified atom stereocenters. The molecule has 3 atom stereocenters. The molecule has 0 aromatic rings. The van der Waals surface area contributed by atoms with Crippen molar-refractivity contribution >= 4 is 0 Å². The van der Waals surface area contributed by atoms with Gasteiger partial charge in [-0.2, -0.15) is 0 Å². The van der Waals surface area contributed by atoms with Crippen molar-refractivity contribution in [2.75, 3.05) is 0 Å². The molecule has 0 fully saturated rings. The van der Waals surface area contributed by atoms with E-state index in [0.717, 1.165) is 0 Å². The standard InChI is InChI=1S/C8H17NO3/c1-5(6(2)10)9-4-8(12)7(3)11/h4-7,9-12H,1-3H3/b8-4+. The van der Waals surface area contributed by atoms with E-state index in [1.54, 1.807) is 13.8 Å². The molecule has 0 bridgehead atoms. The van der Waals surface area contributed by atoms with Crippen LogP contribution in [0.25, 0.3) is 0 Å². The van der Waals surface area contributed by atoms with Crippen LogP contribution in [0.3, 0.4) is 0 Å². The van der Waals surface area contributed by atoms with E-state index in [2.05, 4.69) is 5.32 Å². The number of nitrogens with one attached hydrogen (secondary N) is 1.